The first-order valence-corrected chi connectivity index (χ1v) is 8.77. The lowest BCUT2D eigenvalue weighted by Gasteiger charge is -2.13. The van der Waals surface area contributed by atoms with Crippen LogP contribution in [0.1, 0.15) is 12.7 Å². The Balaban J connectivity index is 0.00000338. The van der Waals surface area contributed by atoms with E-state index in [0.29, 0.717) is 46.5 Å². The molecule has 1 heterocycles. The second-order valence-corrected chi connectivity index (χ2v) is 6.18. The van der Waals surface area contributed by atoms with Gasteiger partial charge in [0.05, 0.1) is 23.1 Å². The second kappa shape index (κ2) is 11.7. The highest BCUT2D eigenvalue weighted by Crippen LogP contribution is 2.35. The maximum atomic E-state index is 6.07. The number of aryl methyl sites for hydroxylation is 1. The van der Waals surface area contributed by atoms with E-state index in [1.54, 1.807) is 25.5 Å². The number of rotatable bonds is 7. The molecule has 2 N–H and O–H groups in total. The zero-order chi connectivity index (χ0) is 18.2. The van der Waals surface area contributed by atoms with Gasteiger partial charge in [0, 0.05) is 18.6 Å². The molecule has 2 rings (SSSR count). The van der Waals surface area contributed by atoms with Crippen LogP contribution < -0.4 is 15.4 Å². The summed E-state index contributed by atoms with van der Waals surface area (Å²) in [5.74, 6) is 1.87. The first-order chi connectivity index (χ1) is 12.0. The molecule has 0 fully saturated rings. The van der Waals surface area contributed by atoms with Gasteiger partial charge in [-0.1, -0.05) is 34.8 Å². The zero-order valence-electron chi connectivity index (χ0n) is 14.3. The fraction of sp³-hybridized carbons (Fsp3) is 0.400. The van der Waals surface area contributed by atoms with Gasteiger partial charge in [0.15, 0.2) is 17.5 Å². The lowest BCUT2D eigenvalue weighted by Crippen LogP contribution is -2.39. The summed E-state index contributed by atoms with van der Waals surface area (Å²) < 4.78 is 7.56. The molecule has 2 aromatic rings. The third kappa shape index (κ3) is 6.64. The number of aliphatic imine (C=N–C) groups is 1. The number of hydrogen-bond donors (Lipinski definition) is 2. The minimum atomic E-state index is 0. The number of guanidine groups is 1. The molecule has 0 radical (unpaired) electrons. The maximum Gasteiger partial charge on any atom is 0.191 e. The molecule has 0 saturated carbocycles. The Morgan fingerprint density at radius 2 is 1.92 bits per heavy atom. The Kier molecular flexibility index (Phi) is 10.4. The van der Waals surface area contributed by atoms with E-state index in [0.717, 1.165) is 12.4 Å². The smallest absolute Gasteiger partial charge is 0.191 e. The van der Waals surface area contributed by atoms with Crippen molar-refractivity contribution >= 4 is 64.7 Å². The minimum absolute atomic E-state index is 0. The lowest BCUT2D eigenvalue weighted by atomic mass is 10.3. The Labute approximate surface area is 184 Å². The van der Waals surface area contributed by atoms with Crippen LogP contribution in [0.25, 0.3) is 0 Å². The predicted octanol–water partition coefficient (Wildman–Crippen LogP) is 3.62. The fourth-order valence-corrected chi connectivity index (χ4v) is 2.98. The average molecular weight is 534 g/mol. The molecule has 0 aliphatic rings. The van der Waals surface area contributed by atoms with Gasteiger partial charge in [-0.3, -0.25) is 4.99 Å². The van der Waals surface area contributed by atoms with E-state index in [4.69, 9.17) is 39.5 Å². The molecule has 144 valence electrons. The normalized spacial score (nSPS) is 11.0. The highest BCUT2D eigenvalue weighted by Gasteiger charge is 2.09. The summed E-state index contributed by atoms with van der Waals surface area (Å²) in [6.45, 7) is 4.22. The van der Waals surface area contributed by atoms with Crippen molar-refractivity contribution in [3.8, 4) is 5.75 Å². The molecule has 1 aromatic carbocycles. The van der Waals surface area contributed by atoms with Gasteiger partial charge in [0.1, 0.15) is 12.9 Å². The molecule has 0 aliphatic heterocycles. The van der Waals surface area contributed by atoms with Crippen molar-refractivity contribution in [2.24, 2.45) is 4.99 Å². The molecule has 26 heavy (non-hydrogen) atoms. The average Bonchev–Trinajstić information content (AvgIpc) is 3.03. The van der Waals surface area contributed by atoms with E-state index in [-0.39, 0.29) is 24.0 Å². The summed E-state index contributed by atoms with van der Waals surface area (Å²) >= 11 is 18.0. The molecule has 0 amide bonds. The number of halogens is 4. The van der Waals surface area contributed by atoms with Gasteiger partial charge in [-0.25, -0.2) is 0 Å². The van der Waals surface area contributed by atoms with Crippen molar-refractivity contribution in [3.05, 3.63) is 39.4 Å². The number of aromatic nitrogens is 3. The van der Waals surface area contributed by atoms with Crippen molar-refractivity contribution < 1.29 is 4.74 Å². The van der Waals surface area contributed by atoms with Crippen LogP contribution in [0.4, 0.5) is 0 Å². The molecule has 0 aliphatic carbocycles. The van der Waals surface area contributed by atoms with E-state index in [1.807, 2.05) is 11.5 Å². The van der Waals surface area contributed by atoms with Crippen molar-refractivity contribution in [3.63, 3.8) is 0 Å². The Morgan fingerprint density at radius 1 is 1.23 bits per heavy atom. The molecule has 0 atom stereocenters. The summed E-state index contributed by atoms with van der Waals surface area (Å²) in [5, 5.41) is 15.5. The topological polar surface area (TPSA) is 76.4 Å². The van der Waals surface area contributed by atoms with Crippen LogP contribution in [-0.4, -0.2) is 40.9 Å². The number of ether oxygens (including phenoxy) is 1. The first-order valence-electron chi connectivity index (χ1n) is 7.63. The van der Waals surface area contributed by atoms with Crippen LogP contribution in [0.15, 0.2) is 23.5 Å². The molecule has 0 saturated heterocycles. The summed E-state index contributed by atoms with van der Waals surface area (Å²) in [4.78, 5) is 4.15. The quantitative estimate of drug-likeness (QED) is 0.246. The van der Waals surface area contributed by atoms with Crippen LogP contribution in [0, 0.1) is 0 Å². The van der Waals surface area contributed by atoms with Crippen molar-refractivity contribution in [1.82, 2.24) is 25.4 Å². The third-order valence-electron chi connectivity index (χ3n) is 3.28. The Bertz CT molecular complexity index is 717. The molecule has 11 heteroatoms. The number of benzene rings is 1. The van der Waals surface area contributed by atoms with Gasteiger partial charge in [-0.2, -0.15) is 0 Å². The van der Waals surface area contributed by atoms with Crippen LogP contribution >= 0.6 is 58.8 Å². The minimum Gasteiger partial charge on any atom is -0.489 e. The van der Waals surface area contributed by atoms with Gasteiger partial charge in [-0.05, 0) is 19.1 Å². The number of nitrogens with one attached hydrogen (secondary N) is 2. The lowest BCUT2D eigenvalue weighted by molar-refractivity contribution is 0.322. The van der Waals surface area contributed by atoms with E-state index in [9.17, 15) is 0 Å². The first kappa shape index (κ1) is 23.1. The van der Waals surface area contributed by atoms with Gasteiger partial charge < -0.3 is 19.9 Å². The molecular weight excluding hydrogens is 513 g/mol. The summed E-state index contributed by atoms with van der Waals surface area (Å²) in [7, 11) is 1.69. The van der Waals surface area contributed by atoms with E-state index < -0.39 is 0 Å². The zero-order valence-corrected chi connectivity index (χ0v) is 18.9. The van der Waals surface area contributed by atoms with Crippen LogP contribution in [-0.2, 0) is 13.1 Å². The highest BCUT2D eigenvalue weighted by atomic mass is 127. The van der Waals surface area contributed by atoms with Crippen molar-refractivity contribution in [1.29, 1.82) is 0 Å². The predicted molar refractivity (Wildman–Crippen MR) is 116 cm³/mol. The van der Waals surface area contributed by atoms with Crippen LogP contribution in [0.5, 0.6) is 5.75 Å². The summed E-state index contributed by atoms with van der Waals surface area (Å²) in [5.41, 5.74) is 0. The summed E-state index contributed by atoms with van der Waals surface area (Å²) in [6, 6.07) is 3.17. The van der Waals surface area contributed by atoms with Gasteiger partial charge in [0.25, 0.3) is 0 Å². The number of hydrogen-bond acceptors (Lipinski definition) is 4. The fourth-order valence-electron chi connectivity index (χ4n) is 2.05. The molecular formula is C15H20Cl3IN6O. The van der Waals surface area contributed by atoms with E-state index in [1.165, 1.54) is 0 Å². The molecule has 0 spiro atoms. The van der Waals surface area contributed by atoms with Crippen LogP contribution in [0.2, 0.25) is 15.1 Å². The molecule has 0 bridgehead atoms. The van der Waals surface area contributed by atoms with Gasteiger partial charge >= 0.3 is 0 Å². The largest absolute Gasteiger partial charge is 0.489 e. The van der Waals surface area contributed by atoms with E-state index in [2.05, 4.69) is 25.8 Å². The van der Waals surface area contributed by atoms with Gasteiger partial charge in [-0.15, -0.1) is 34.2 Å². The van der Waals surface area contributed by atoms with Crippen molar-refractivity contribution in [2.45, 2.75) is 20.0 Å². The second-order valence-electron chi connectivity index (χ2n) is 4.93. The Hall–Kier alpha value is -0.970. The maximum absolute atomic E-state index is 6.07. The monoisotopic (exact) mass is 532 g/mol. The molecule has 7 nitrogen and oxygen atoms in total. The third-order valence-corrected chi connectivity index (χ3v) is 4.06. The molecule has 0 unspecified atom stereocenters. The molecule has 1 aromatic heterocycles. The summed E-state index contributed by atoms with van der Waals surface area (Å²) in [6.07, 6.45) is 1.70. The van der Waals surface area contributed by atoms with Gasteiger partial charge in [0.2, 0.25) is 0 Å². The van der Waals surface area contributed by atoms with Crippen LogP contribution in [0.3, 0.4) is 0 Å². The Morgan fingerprint density at radius 3 is 2.54 bits per heavy atom. The van der Waals surface area contributed by atoms with E-state index >= 15 is 0 Å². The van der Waals surface area contributed by atoms with Crippen molar-refractivity contribution in [2.75, 3.05) is 20.2 Å². The number of nitrogens with zero attached hydrogens (tertiary/aromatic N) is 4. The standard InChI is InChI=1S/C15H19Cl3N6O.HI/c1-3-24-9-22-23-13(24)8-21-15(19-2)20-4-5-25-14-11(17)6-10(16)7-12(14)18;/h6-7,9H,3-5,8H2,1-2H3,(H2,19,20,21);1H. The SMILES string of the molecule is CCn1cnnc1CNC(=NC)NCCOc1c(Cl)cc(Cl)cc1Cl.I. The highest BCUT2D eigenvalue weighted by molar-refractivity contribution is 14.0.